The normalized spacial score (nSPS) is 20.0. The zero-order chi connectivity index (χ0) is 11.0. The van der Waals surface area contributed by atoms with Gasteiger partial charge in [-0.1, -0.05) is 6.92 Å². The van der Waals surface area contributed by atoms with Crippen LogP contribution in [0.4, 0.5) is 0 Å². The van der Waals surface area contributed by atoms with Gasteiger partial charge in [0.15, 0.2) is 5.69 Å². The van der Waals surface area contributed by atoms with Crippen molar-refractivity contribution in [2.75, 3.05) is 0 Å². The number of amides is 1. The highest BCUT2D eigenvalue weighted by Crippen LogP contribution is 2.20. The molecule has 0 aliphatic carbocycles. The Labute approximate surface area is 88.6 Å². The summed E-state index contributed by atoms with van der Waals surface area (Å²) < 4.78 is 1.78. The van der Waals surface area contributed by atoms with Crippen LogP contribution in [0.2, 0.25) is 0 Å². The number of hydrogen-bond donors (Lipinski definition) is 2. The first-order chi connectivity index (χ1) is 7.13. The lowest BCUT2D eigenvalue weighted by molar-refractivity contribution is 0.0993. The summed E-state index contributed by atoms with van der Waals surface area (Å²) in [6.07, 6.45) is 2.00. The van der Waals surface area contributed by atoms with Crippen LogP contribution < -0.4 is 11.1 Å². The Morgan fingerprint density at radius 2 is 2.47 bits per heavy atom. The van der Waals surface area contributed by atoms with Crippen molar-refractivity contribution in [3.8, 4) is 0 Å². The van der Waals surface area contributed by atoms with E-state index in [1.54, 1.807) is 4.68 Å². The van der Waals surface area contributed by atoms with Crippen molar-refractivity contribution >= 4 is 5.91 Å². The number of primary amides is 1. The van der Waals surface area contributed by atoms with Crippen molar-refractivity contribution in [3.05, 3.63) is 17.0 Å². The Morgan fingerprint density at radius 3 is 3.07 bits per heavy atom. The zero-order valence-corrected chi connectivity index (χ0v) is 9.08. The van der Waals surface area contributed by atoms with Gasteiger partial charge in [0, 0.05) is 37.3 Å². The Morgan fingerprint density at radius 1 is 1.73 bits per heavy atom. The van der Waals surface area contributed by atoms with E-state index in [-0.39, 0.29) is 0 Å². The maximum absolute atomic E-state index is 11.2. The van der Waals surface area contributed by atoms with Crippen LogP contribution in [-0.2, 0) is 20.0 Å². The van der Waals surface area contributed by atoms with Gasteiger partial charge in [0.2, 0.25) is 0 Å². The van der Waals surface area contributed by atoms with Crippen LogP contribution in [0.3, 0.4) is 0 Å². The average Bonchev–Trinajstić information content (AvgIpc) is 2.56. The number of aryl methyl sites for hydroxylation is 1. The first-order valence-electron chi connectivity index (χ1n) is 5.21. The minimum absolute atomic E-state index is 0.412. The lowest BCUT2D eigenvalue weighted by Gasteiger charge is -2.23. The fourth-order valence-electron chi connectivity index (χ4n) is 2.08. The second-order valence-corrected chi connectivity index (χ2v) is 3.95. The number of carbonyl (C=O) groups excluding carboxylic acids is 1. The van der Waals surface area contributed by atoms with Gasteiger partial charge in [-0.25, -0.2) is 0 Å². The molecule has 0 radical (unpaired) electrons. The molecule has 0 aromatic carbocycles. The summed E-state index contributed by atoms with van der Waals surface area (Å²) in [4.78, 5) is 11.2. The van der Waals surface area contributed by atoms with Gasteiger partial charge < -0.3 is 11.1 Å². The lowest BCUT2D eigenvalue weighted by Crippen LogP contribution is -2.36. The third-order valence-corrected chi connectivity index (χ3v) is 3.01. The third kappa shape index (κ3) is 1.63. The minimum Gasteiger partial charge on any atom is -0.364 e. The number of carbonyl (C=O) groups is 1. The van der Waals surface area contributed by atoms with Crippen molar-refractivity contribution in [1.82, 2.24) is 15.1 Å². The molecule has 0 saturated heterocycles. The standard InChI is InChI=1S/C10H16N4O/c1-3-6-4-8-7(5-12-6)9(10(11)15)13-14(8)2/h6,12H,3-5H2,1-2H3,(H2,11,15). The quantitative estimate of drug-likeness (QED) is 0.715. The third-order valence-electron chi connectivity index (χ3n) is 3.01. The molecule has 5 nitrogen and oxygen atoms in total. The molecule has 1 aromatic heterocycles. The maximum Gasteiger partial charge on any atom is 0.269 e. The van der Waals surface area contributed by atoms with E-state index < -0.39 is 5.91 Å². The van der Waals surface area contributed by atoms with Crippen molar-refractivity contribution in [3.63, 3.8) is 0 Å². The highest BCUT2D eigenvalue weighted by molar-refractivity contribution is 5.92. The summed E-state index contributed by atoms with van der Waals surface area (Å²) in [6, 6.07) is 0.480. The Hall–Kier alpha value is -1.36. The molecule has 0 bridgehead atoms. The van der Waals surface area contributed by atoms with Gasteiger partial charge in [-0.3, -0.25) is 9.48 Å². The van der Waals surface area contributed by atoms with Gasteiger partial charge in [0.25, 0.3) is 5.91 Å². The molecule has 1 aliphatic rings. The van der Waals surface area contributed by atoms with Crippen LogP contribution in [-0.4, -0.2) is 21.7 Å². The van der Waals surface area contributed by atoms with Crippen molar-refractivity contribution in [2.24, 2.45) is 12.8 Å². The zero-order valence-electron chi connectivity index (χ0n) is 9.08. The number of aromatic nitrogens is 2. The molecular formula is C10H16N4O. The molecule has 15 heavy (non-hydrogen) atoms. The van der Waals surface area contributed by atoms with Gasteiger partial charge in [-0.15, -0.1) is 0 Å². The largest absolute Gasteiger partial charge is 0.364 e. The number of rotatable bonds is 2. The van der Waals surface area contributed by atoms with Crippen LogP contribution in [0.1, 0.15) is 35.1 Å². The Balaban J connectivity index is 2.40. The number of nitrogens with zero attached hydrogens (tertiary/aromatic N) is 2. The molecular weight excluding hydrogens is 192 g/mol. The smallest absolute Gasteiger partial charge is 0.269 e. The number of fused-ring (bicyclic) bond motifs is 1. The van der Waals surface area contributed by atoms with E-state index in [9.17, 15) is 4.79 Å². The summed E-state index contributed by atoms with van der Waals surface area (Å²) in [7, 11) is 1.86. The van der Waals surface area contributed by atoms with E-state index in [1.807, 2.05) is 7.05 Å². The molecule has 0 fully saturated rings. The fourth-order valence-corrected chi connectivity index (χ4v) is 2.08. The molecule has 2 rings (SSSR count). The van der Waals surface area contributed by atoms with Crippen molar-refractivity contribution in [2.45, 2.75) is 32.4 Å². The first kappa shape index (κ1) is 10.2. The molecule has 1 atom stereocenters. The summed E-state index contributed by atoms with van der Waals surface area (Å²) >= 11 is 0. The SMILES string of the molecule is CCC1Cc2c(c(C(N)=O)nn2C)CN1. The van der Waals surface area contributed by atoms with Crippen molar-refractivity contribution < 1.29 is 4.79 Å². The Kier molecular flexibility index (Phi) is 2.48. The van der Waals surface area contributed by atoms with Crippen LogP contribution in [0, 0.1) is 0 Å². The maximum atomic E-state index is 11.2. The predicted octanol–water partition coefficient (Wildman–Crippen LogP) is -0.0567. The van der Waals surface area contributed by atoms with Crippen LogP contribution in [0.25, 0.3) is 0 Å². The van der Waals surface area contributed by atoms with E-state index in [1.165, 1.54) is 0 Å². The molecule has 1 amide bonds. The molecule has 82 valence electrons. The molecule has 1 unspecified atom stereocenters. The van der Waals surface area contributed by atoms with Crippen molar-refractivity contribution in [1.29, 1.82) is 0 Å². The summed E-state index contributed by atoms with van der Waals surface area (Å²) in [5.41, 5.74) is 7.79. The van der Waals surface area contributed by atoms with E-state index in [0.717, 1.165) is 24.1 Å². The molecule has 2 heterocycles. The highest BCUT2D eigenvalue weighted by atomic mass is 16.1. The summed E-state index contributed by atoms with van der Waals surface area (Å²) in [6.45, 7) is 2.84. The van der Waals surface area contributed by atoms with Crippen LogP contribution >= 0.6 is 0 Å². The molecule has 5 heteroatoms. The predicted molar refractivity (Wildman–Crippen MR) is 56.3 cm³/mol. The minimum atomic E-state index is -0.441. The molecule has 0 saturated carbocycles. The fraction of sp³-hybridized carbons (Fsp3) is 0.600. The average molecular weight is 208 g/mol. The van der Waals surface area contributed by atoms with E-state index in [0.29, 0.717) is 18.3 Å². The van der Waals surface area contributed by atoms with E-state index >= 15 is 0 Å². The van der Waals surface area contributed by atoms with Crippen LogP contribution in [0.15, 0.2) is 0 Å². The van der Waals surface area contributed by atoms with E-state index in [4.69, 9.17) is 5.73 Å². The molecule has 0 spiro atoms. The second-order valence-electron chi connectivity index (χ2n) is 3.95. The van der Waals surface area contributed by atoms with Gasteiger partial charge in [0.05, 0.1) is 0 Å². The monoisotopic (exact) mass is 208 g/mol. The van der Waals surface area contributed by atoms with Crippen LogP contribution in [0.5, 0.6) is 0 Å². The number of hydrogen-bond acceptors (Lipinski definition) is 3. The second kappa shape index (κ2) is 3.66. The van der Waals surface area contributed by atoms with Gasteiger partial charge in [0.1, 0.15) is 0 Å². The highest BCUT2D eigenvalue weighted by Gasteiger charge is 2.25. The van der Waals surface area contributed by atoms with Gasteiger partial charge in [-0.2, -0.15) is 5.10 Å². The summed E-state index contributed by atoms with van der Waals surface area (Å²) in [5, 5.41) is 7.54. The summed E-state index contributed by atoms with van der Waals surface area (Å²) in [5.74, 6) is -0.441. The van der Waals surface area contributed by atoms with Gasteiger partial charge >= 0.3 is 0 Å². The number of nitrogens with one attached hydrogen (secondary N) is 1. The lowest BCUT2D eigenvalue weighted by atomic mass is 9.99. The molecule has 1 aliphatic heterocycles. The Bertz CT molecular complexity index is 396. The van der Waals surface area contributed by atoms with Gasteiger partial charge in [-0.05, 0) is 6.42 Å². The molecule has 3 N–H and O–H groups in total. The molecule has 1 aromatic rings. The topological polar surface area (TPSA) is 72.9 Å². The van der Waals surface area contributed by atoms with E-state index in [2.05, 4.69) is 17.3 Å². The number of nitrogens with two attached hydrogens (primary N) is 1. The first-order valence-corrected chi connectivity index (χ1v) is 5.21.